The lowest BCUT2D eigenvalue weighted by Gasteiger charge is -2.11. The van der Waals surface area contributed by atoms with Gasteiger partial charge in [-0.2, -0.15) is 5.26 Å². The van der Waals surface area contributed by atoms with Gasteiger partial charge < -0.3 is 10.6 Å². The largest absolute Gasteiger partial charge is 0.324 e. The van der Waals surface area contributed by atoms with Crippen LogP contribution in [0.4, 0.5) is 17.3 Å². The van der Waals surface area contributed by atoms with Crippen molar-refractivity contribution in [2.75, 3.05) is 10.6 Å². The van der Waals surface area contributed by atoms with E-state index < -0.39 is 5.91 Å². The Bertz CT molecular complexity index is 1010. The van der Waals surface area contributed by atoms with Crippen molar-refractivity contribution in [3.05, 3.63) is 77.1 Å². The van der Waals surface area contributed by atoms with E-state index in [9.17, 15) is 4.79 Å². The summed E-state index contributed by atoms with van der Waals surface area (Å²) in [7, 11) is 0. The quantitative estimate of drug-likeness (QED) is 0.748. The molecule has 0 bridgehead atoms. The Morgan fingerprint density at radius 1 is 1.00 bits per heavy atom. The highest BCUT2D eigenvalue weighted by molar-refractivity contribution is 6.03. The van der Waals surface area contributed by atoms with Gasteiger partial charge >= 0.3 is 0 Å². The number of nitriles is 1. The molecule has 0 saturated carbocycles. The number of nitrogens with one attached hydrogen (secondary N) is 2. The molecule has 26 heavy (non-hydrogen) atoms. The van der Waals surface area contributed by atoms with Crippen LogP contribution >= 0.6 is 0 Å². The minimum atomic E-state index is -0.397. The third-order valence-corrected chi connectivity index (χ3v) is 3.77. The van der Waals surface area contributed by atoms with E-state index in [0.717, 1.165) is 11.3 Å². The number of carbonyl (C=O) groups is 1. The summed E-state index contributed by atoms with van der Waals surface area (Å²) in [5, 5.41) is 15.0. The predicted molar refractivity (Wildman–Crippen MR) is 100 cm³/mol. The van der Waals surface area contributed by atoms with Crippen LogP contribution in [0.3, 0.4) is 0 Å². The van der Waals surface area contributed by atoms with Gasteiger partial charge in [0.2, 0.25) is 5.95 Å². The monoisotopic (exact) mass is 343 g/mol. The molecule has 0 aliphatic heterocycles. The molecule has 0 aliphatic rings. The van der Waals surface area contributed by atoms with Crippen LogP contribution in [0.25, 0.3) is 0 Å². The van der Waals surface area contributed by atoms with Crippen molar-refractivity contribution in [3.63, 3.8) is 0 Å². The van der Waals surface area contributed by atoms with E-state index in [-0.39, 0.29) is 5.69 Å². The molecule has 3 aromatic rings. The van der Waals surface area contributed by atoms with Crippen molar-refractivity contribution >= 4 is 23.2 Å². The minimum absolute atomic E-state index is 0.223. The highest BCUT2D eigenvalue weighted by Gasteiger charge is 2.13. The van der Waals surface area contributed by atoms with E-state index in [1.807, 2.05) is 31.2 Å². The molecule has 1 heterocycles. The summed E-state index contributed by atoms with van der Waals surface area (Å²) >= 11 is 0. The maximum absolute atomic E-state index is 12.6. The second-order valence-electron chi connectivity index (χ2n) is 5.77. The third-order valence-electron chi connectivity index (χ3n) is 3.77. The Labute approximate surface area is 151 Å². The molecule has 0 spiro atoms. The van der Waals surface area contributed by atoms with E-state index in [1.54, 1.807) is 37.3 Å². The van der Waals surface area contributed by atoms with Crippen LogP contribution in [0, 0.1) is 25.2 Å². The molecule has 6 heteroatoms. The number of hydrogen-bond donors (Lipinski definition) is 2. The number of carbonyl (C=O) groups excluding carboxylic acids is 1. The molecule has 0 saturated heterocycles. The lowest BCUT2D eigenvalue weighted by atomic mass is 10.2. The summed E-state index contributed by atoms with van der Waals surface area (Å²) in [4.78, 5) is 21.2. The number of aromatic nitrogens is 2. The number of nitrogens with zero attached hydrogens (tertiary/aromatic N) is 3. The highest BCUT2D eigenvalue weighted by Crippen LogP contribution is 2.19. The number of amides is 1. The standard InChI is InChI=1S/C20H17N5O/c1-13-7-3-5-9-16(13)24-20-22-14(2)11-18(25-20)19(26)23-17-10-6-4-8-15(17)12-21/h3-11H,1-2H3,(H,23,26)(H,22,24,25). The smallest absolute Gasteiger partial charge is 0.274 e. The van der Waals surface area contributed by atoms with Gasteiger partial charge in [0.25, 0.3) is 5.91 Å². The van der Waals surface area contributed by atoms with E-state index in [0.29, 0.717) is 22.9 Å². The Hall–Kier alpha value is -3.72. The molecule has 2 aromatic carbocycles. The number of aryl methyl sites for hydroxylation is 2. The van der Waals surface area contributed by atoms with Gasteiger partial charge in [-0.25, -0.2) is 9.97 Å². The summed E-state index contributed by atoms with van der Waals surface area (Å²) in [6.45, 7) is 3.77. The van der Waals surface area contributed by atoms with Crippen LogP contribution < -0.4 is 10.6 Å². The summed E-state index contributed by atoms with van der Waals surface area (Å²) < 4.78 is 0. The van der Waals surface area contributed by atoms with Gasteiger partial charge in [0, 0.05) is 11.4 Å². The second kappa shape index (κ2) is 7.45. The van der Waals surface area contributed by atoms with Crippen molar-refractivity contribution in [1.29, 1.82) is 5.26 Å². The first-order chi connectivity index (χ1) is 12.6. The van der Waals surface area contributed by atoms with Gasteiger partial charge in [-0.15, -0.1) is 0 Å². The maximum atomic E-state index is 12.6. The number of para-hydroxylation sites is 2. The lowest BCUT2D eigenvalue weighted by molar-refractivity contribution is 0.102. The van der Waals surface area contributed by atoms with Gasteiger partial charge in [0.1, 0.15) is 11.8 Å². The van der Waals surface area contributed by atoms with Crippen LogP contribution in [0.1, 0.15) is 27.3 Å². The lowest BCUT2D eigenvalue weighted by Crippen LogP contribution is -2.16. The van der Waals surface area contributed by atoms with E-state index in [1.165, 1.54) is 0 Å². The molecule has 0 radical (unpaired) electrons. The summed E-state index contributed by atoms with van der Waals surface area (Å²) in [6.07, 6.45) is 0. The first-order valence-electron chi connectivity index (χ1n) is 8.05. The van der Waals surface area contributed by atoms with Crippen molar-refractivity contribution in [1.82, 2.24) is 9.97 Å². The molecule has 1 aromatic heterocycles. The minimum Gasteiger partial charge on any atom is -0.324 e. The Balaban J connectivity index is 1.86. The second-order valence-corrected chi connectivity index (χ2v) is 5.77. The molecule has 0 atom stereocenters. The van der Waals surface area contributed by atoms with Gasteiger partial charge in [0.15, 0.2) is 0 Å². The van der Waals surface area contributed by atoms with Gasteiger partial charge in [-0.3, -0.25) is 4.79 Å². The van der Waals surface area contributed by atoms with Crippen molar-refractivity contribution < 1.29 is 4.79 Å². The fourth-order valence-electron chi connectivity index (χ4n) is 2.45. The molecule has 2 N–H and O–H groups in total. The fraction of sp³-hybridized carbons (Fsp3) is 0.100. The molecular weight excluding hydrogens is 326 g/mol. The number of hydrogen-bond acceptors (Lipinski definition) is 5. The molecule has 128 valence electrons. The molecule has 0 fully saturated rings. The normalized spacial score (nSPS) is 10.0. The molecular formula is C20H17N5O. The zero-order valence-corrected chi connectivity index (χ0v) is 14.4. The topological polar surface area (TPSA) is 90.7 Å². The number of benzene rings is 2. The first-order valence-corrected chi connectivity index (χ1v) is 8.05. The summed E-state index contributed by atoms with van der Waals surface area (Å²) in [6, 6.07) is 18.2. The molecule has 3 rings (SSSR count). The fourth-order valence-corrected chi connectivity index (χ4v) is 2.45. The summed E-state index contributed by atoms with van der Waals surface area (Å²) in [5.41, 5.74) is 3.65. The molecule has 0 aliphatic carbocycles. The first kappa shape index (κ1) is 17.1. The van der Waals surface area contributed by atoms with E-state index in [2.05, 4.69) is 26.7 Å². The van der Waals surface area contributed by atoms with E-state index >= 15 is 0 Å². The van der Waals surface area contributed by atoms with Gasteiger partial charge in [-0.1, -0.05) is 30.3 Å². The van der Waals surface area contributed by atoms with Gasteiger partial charge in [0.05, 0.1) is 11.3 Å². The van der Waals surface area contributed by atoms with Gasteiger partial charge in [-0.05, 0) is 43.7 Å². The van der Waals surface area contributed by atoms with Crippen LogP contribution in [0.15, 0.2) is 54.6 Å². The van der Waals surface area contributed by atoms with Crippen molar-refractivity contribution in [2.45, 2.75) is 13.8 Å². The molecule has 6 nitrogen and oxygen atoms in total. The number of rotatable bonds is 4. The average Bonchev–Trinajstić information content (AvgIpc) is 2.63. The third kappa shape index (κ3) is 3.84. The van der Waals surface area contributed by atoms with Crippen LogP contribution in [-0.4, -0.2) is 15.9 Å². The maximum Gasteiger partial charge on any atom is 0.274 e. The van der Waals surface area contributed by atoms with Crippen molar-refractivity contribution in [2.24, 2.45) is 0 Å². The zero-order chi connectivity index (χ0) is 18.5. The zero-order valence-electron chi connectivity index (χ0n) is 14.4. The van der Waals surface area contributed by atoms with Crippen molar-refractivity contribution in [3.8, 4) is 6.07 Å². The highest BCUT2D eigenvalue weighted by atomic mass is 16.1. The van der Waals surface area contributed by atoms with Crippen LogP contribution in [0.5, 0.6) is 0 Å². The van der Waals surface area contributed by atoms with E-state index in [4.69, 9.17) is 5.26 Å². The number of anilines is 3. The molecule has 1 amide bonds. The average molecular weight is 343 g/mol. The Kier molecular flexibility index (Phi) is 4.90. The Morgan fingerprint density at radius 2 is 1.69 bits per heavy atom. The summed E-state index contributed by atoms with van der Waals surface area (Å²) in [5.74, 6) is -0.0518. The predicted octanol–water partition coefficient (Wildman–Crippen LogP) is 3.96. The Morgan fingerprint density at radius 3 is 2.42 bits per heavy atom. The van der Waals surface area contributed by atoms with Crippen LogP contribution in [0.2, 0.25) is 0 Å². The van der Waals surface area contributed by atoms with Crippen LogP contribution in [-0.2, 0) is 0 Å². The molecule has 0 unspecified atom stereocenters. The SMILES string of the molecule is Cc1cc(C(=O)Nc2ccccc2C#N)nc(Nc2ccccc2C)n1.